The predicted octanol–water partition coefficient (Wildman–Crippen LogP) is 0.700. The Morgan fingerprint density at radius 1 is 1.10 bits per heavy atom. The number of hydrazine groups is 2. The average molecular weight is 145 g/mol. The Balaban J connectivity index is 3.56. The molecule has 0 saturated carbocycles. The smallest absolute Gasteiger partial charge is 0.0262 e. The van der Waals surface area contributed by atoms with Crippen LogP contribution in [0.2, 0.25) is 0 Å². The summed E-state index contributed by atoms with van der Waals surface area (Å²) in [5.41, 5.74) is 3.24. The first kappa shape index (κ1) is 9.88. The van der Waals surface area contributed by atoms with Crippen molar-refractivity contribution >= 4 is 0 Å². The van der Waals surface area contributed by atoms with Crippen molar-refractivity contribution in [3.8, 4) is 0 Å². The van der Waals surface area contributed by atoms with Crippen LogP contribution >= 0.6 is 0 Å². The van der Waals surface area contributed by atoms with Gasteiger partial charge < -0.3 is 0 Å². The van der Waals surface area contributed by atoms with Crippen LogP contribution in [0.5, 0.6) is 0 Å². The zero-order valence-electron chi connectivity index (χ0n) is 7.52. The van der Waals surface area contributed by atoms with E-state index in [2.05, 4.69) is 43.4 Å². The Hall–Kier alpha value is -0.120. The summed E-state index contributed by atoms with van der Waals surface area (Å²) in [5.74, 6) is 0. The van der Waals surface area contributed by atoms with E-state index in [1.54, 1.807) is 0 Å². The van der Waals surface area contributed by atoms with Crippen molar-refractivity contribution in [3.05, 3.63) is 0 Å². The van der Waals surface area contributed by atoms with Gasteiger partial charge in [-0.3, -0.25) is 0 Å². The zero-order valence-corrected chi connectivity index (χ0v) is 7.52. The molecule has 62 valence electrons. The van der Waals surface area contributed by atoms with Crippen molar-refractivity contribution in [2.45, 2.75) is 20.8 Å². The summed E-state index contributed by atoms with van der Waals surface area (Å²) >= 11 is 0. The first-order valence-corrected chi connectivity index (χ1v) is 3.98. The van der Waals surface area contributed by atoms with Crippen LogP contribution in [0, 0.1) is 0 Å². The van der Waals surface area contributed by atoms with Gasteiger partial charge in [0.15, 0.2) is 0 Å². The summed E-state index contributed by atoms with van der Waals surface area (Å²) < 4.78 is 0. The lowest BCUT2D eigenvalue weighted by atomic mass is 10.7. The number of nitrogens with zero attached hydrogens (tertiary/aromatic N) is 2. The molecule has 0 heterocycles. The fourth-order valence-electron chi connectivity index (χ4n) is 0.827. The van der Waals surface area contributed by atoms with Gasteiger partial charge in [-0.1, -0.05) is 13.8 Å². The molecule has 1 N–H and O–H groups in total. The highest BCUT2D eigenvalue weighted by molar-refractivity contribution is 4.41. The molecule has 0 aliphatic rings. The van der Waals surface area contributed by atoms with Gasteiger partial charge in [-0.05, 0) is 6.92 Å². The molecular weight excluding hydrogens is 126 g/mol. The molecule has 0 atom stereocenters. The van der Waals surface area contributed by atoms with Crippen LogP contribution < -0.4 is 5.43 Å². The lowest BCUT2D eigenvalue weighted by Crippen LogP contribution is -2.48. The number of rotatable bonds is 5. The summed E-state index contributed by atoms with van der Waals surface area (Å²) in [6.45, 7) is 9.41. The fraction of sp³-hybridized carbons (Fsp3) is 1.00. The van der Waals surface area contributed by atoms with Crippen LogP contribution in [0.25, 0.3) is 0 Å². The third-order valence-electron chi connectivity index (χ3n) is 1.51. The predicted molar refractivity (Wildman–Crippen MR) is 44.4 cm³/mol. The first-order valence-electron chi connectivity index (χ1n) is 3.98. The maximum absolute atomic E-state index is 3.24. The van der Waals surface area contributed by atoms with Crippen molar-refractivity contribution in [1.29, 1.82) is 0 Å². The molecule has 3 heteroatoms. The molecule has 0 bridgehead atoms. The minimum absolute atomic E-state index is 0.984. The molecule has 0 aromatic carbocycles. The van der Waals surface area contributed by atoms with E-state index in [1.165, 1.54) is 0 Å². The molecule has 0 aromatic heterocycles. The van der Waals surface area contributed by atoms with Crippen molar-refractivity contribution in [3.63, 3.8) is 0 Å². The molecule has 0 aromatic rings. The Bertz CT molecular complexity index is 75.3. The largest absolute Gasteiger partial charge is 0.242 e. The van der Waals surface area contributed by atoms with Gasteiger partial charge in [0.05, 0.1) is 0 Å². The van der Waals surface area contributed by atoms with E-state index in [0.717, 1.165) is 19.6 Å². The minimum Gasteiger partial charge on any atom is -0.242 e. The highest BCUT2D eigenvalue weighted by Crippen LogP contribution is 1.87. The Labute approximate surface area is 63.9 Å². The van der Waals surface area contributed by atoms with E-state index < -0.39 is 0 Å². The highest BCUT2D eigenvalue weighted by atomic mass is 15.8. The van der Waals surface area contributed by atoms with E-state index >= 15 is 0 Å². The Kier molecular flexibility index (Phi) is 5.58. The van der Waals surface area contributed by atoms with Gasteiger partial charge in [0.2, 0.25) is 0 Å². The summed E-state index contributed by atoms with van der Waals surface area (Å²) in [6, 6.07) is 0. The molecule has 0 rings (SSSR count). The molecule has 0 saturated heterocycles. The molecular formula is C7H19N3. The second-order valence-corrected chi connectivity index (χ2v) is 2.20. The third kappa shape index (κ3) is 3.15. The van der Waals surface area contributed by atoms with Gasteiger partial charge >= 0.3 is 0 Å². The lowest BCUT2D eigenvalue weighted by Gasteiger charge is -2.29. The van der Waals surface area contributed by atoms with Crippen molar-refractivity contribution < 1.29 is 0 Å². The quantitative estimate of drug-likeness (QED) is 0.574. The number of hydrogen-bond donors (Lipinski definition) is 1. The molecule has 0 radical (unpaired) electrons. The van der Waals surface area contributed by atoms with Gasteiger partial charge in [-0.25, -0.2) is 10.4 Å². The summed E-state index contributed by atoms with van der Waals surface area (Å²) in [6.07, 6.45) is 0. The van der Waals surface area contributed by atoms with Crippen LogP contribution in [0.15, 0.2) is 0 Å². The van der Waals surface area contributed by atoms with E-state index in [1.807, 2.05) is 0 Å². The SMILES string of the molecule is CCNN(CC)N(C)CC. The minimum atomic E-state index is 0.984. The molecule has 3 nitrogen and oxygen atoms in total. The fourth-order valence-corrected chi connectivity index (χ4v) is 0.827. The lowest BCUT2D eigenvalue weighted by molar-refractivity contribution is -0.0389. The topological polar surface area (TPSA) is 18.5 Å². The van der Waals surface area contributed by atoms with Crippen LogP contribution in [-0.4, -0.2) is 36.8 Å². The van der Waals surface area contributed by atoms with Crippen molar-refractivity contribution in [2.24, 2.45) is 0 Å². The molecule has 10 heavy (non-hydrogen) atoms. The Morgan fingerprint density at radius 2 is 1.70 bits per heavy atom. The van der Waals surface area contributed by atoms with Crippen molar-refractivity contribution in [2.75, 3.05) is 26.7 Å². The van der Waals surface area contributed by atoms with Gasteiger partial charge in [0.25, 0.3) is 0 Å². The van der Waals surface area contributed by atoms with Crippen LogP contribution in [0.3, 0.4) is 0 Å². The molecule has 0 fully saturated rings. The summed E-state index contributed by atoms with van der Waals surface area (Å²) in [5, 5.41) is 4.27. The second-order valence-electron chi connectivity index (χ2n) is 2.20. The normalized spacial score (nSPS) is 11.4. The standard InChI is InChI=1S/C7H19N3/c1-5-8-10(7-3)9(4)6-2/h8H,5-7H2,1-4H3. The highest BCUT2D eigenvalue weighted by Gasteiger charge is 2.02. The maximum Gasteiger partial charge on any atom is 0.0262 e. The molecule has 0 amide bonds. The monoisotopic (exact) mass is 145 g/mol. The molecule has 0 aliphatic carbocycles. The molecule has 0 aliphatic heterocycles. The van der Waals surface area contributed by atoms with Crippen LogP contribution in [-0.2, 0) is 0 Å². The van der Waals surface area contributed by atoms with E-state index in [-0.39, 0.29) is 0 Å². The zero-order chi connectivity index (χ0) is 7.98. The average Bonchev–Trinajstić information content (AvgIpc) is 1.99. The van der Waals surface area contributed by atoms with E-state index in [9.17, 15) is 0 Å². The van der Waals surface area contributed by atoms with Gasteiger partial charge in [0.1, 0.15) is 0 Å². The van der Waals surface area contributed by atoms with Crippen molar-refractivity contribution in [1.82, 2.24) is 15.6 Å². The second kappa shape index (κ2) is 5.65. The summed E-state index contributed by atoms with van der Waals surface area (Å²) in [7, 11) is 2.08. The van der Waals surface area contributed by atoms with Crippen LogP contribution in [0.4, 0.5) is 0 Å². The van der Waals surface area contributed by atoms with Gasteiger partial charge in [-0.15, -0.1) is 0 Å². The first-order chi connectivity index (χ1) is 4.76. The Morgan fingerprint density at radius 3 is 2.00 bits per heavy atom. The molecule has 0 spiro atoms. The van der Waals surface area contributed by atoms with Crippen LogP contribution in [0.1, 0.15) is 20.8 Å². The number of hydrogen-bond acceptors (Lipinski definition) is 3. The maximum atomic E-state index is 3.24. The summed E-state index contributed by atoms with van der Waals surface area (Å²) in [4.78, 5) is 0. The van der Waals surface area contributed by atoms with Gasteiger partial charge in [0, 0.05) is 26.7 Å². The van der Waals surface area contributed by atoms with E-state index in [0.29, 0.717) is 0 Å². The van der Waals surface area contributed by atoms with E-state index in [4.69, 9.17) is 0 Å². The third-order valence-corrected chi connectivity index (χ3v) is 1.51. The molecule has 0 unspecified atom stereocenters. The van der Waals surface area contributed by atoms with Gasteiger partial charge in [-0.2, -0.15) is 5.12 Å². The number of nitrogens with one attached hydrogen (secondary N) is 1.